The van der Waals surface area contributed by atoms with Gasteiger partial charge in [0.2, 0.25) is 0 Å². The molecule has 0 spiro atoms. The van der Waals surface area contributed by atoms with E-state index in [9.17, 15) is 0 Å². The highest BCUT2D eigenvalue weighted by Crippen LogP contribution is 2.25. The van der Waals surface area contributed by atoms with Gasteiger partial charge in [-0.1, -0.05) is 0 Å². The highest BCUT2D eigenvalue weighted by atomic mass is 16.5. The highest BCUT2D eigenvalue weighted by Gasteiger charge is 2.22. The van der Waals surface area contributed by atoms with E-state index in [0.29, 0.717) is 6.04 Å². The summed E-state index contributed by atoms with van der Waals surface area (Å²) >= 11 is 0. The van der Waals surface area contributed by atoms with Crippen molar-refractivity contribution in [3.05, 3.63) is 24.3 Å². The summed E-state index contributed by atoms with van der Waals surface area (Å²) in [6.45, 7) is 4.81. The highest BCUT2D eigenvalue weighted by molar-refractivity contribution is 5.54. The molecule has 3 nitrogen and oxygen atoms in total. The van der Waals surface area contributed by atoms with Gasteiger partial charge in [-0.2, -0.15) is 0 Å². The quantitative estimate of drug-likeness (QED) is 0.814. The van der Waals surface area contributed by atoms with Crippen molar-refractivity contribution in [2.45, 2.75) is 32.2 Å². The van der Waals surface area contributed by atoms with Crippen molar-refractivity contribution >= 4 is 11.4 Å². The van der Waals surface area contributed by atoms with Crippen molar-refractivity contribution in [3.8, 4) is 0 Å². The third-order valence-electron chi connectivity index (χ3n) is 3.37. The molecule has 1 aliphatic heterocycles. The molecule has 1 aliphatic rings. The number of nitrogens with zero attached hydrogens (tertiary/aromatic N) is 1. The van der Waals surface area contributed by atoms with Gasteiger partial charge in [-0.15, -0.1) is 0 Å². The van der Waals surface area contributed by atoms with Gasteiger partial charge in [-0.3, -0.25) is 0 Å². The largest absolute Gasteiger partial charge is 0.399 e. The Morgan fingerprint density at radius 1 is 1.29 bits per heavy atom. The SMILES string of the molecule is CCOC[C@@H]1CCCCN1c1ccc(N)cc1. The molecule has 1 aromatic rings. The van der Waals surface area contributed by atoms with Crippen LogP contribution in [0.4, 0.5) is 11.4 Å². The number of ether oxygens (including phenoxy) is 1. The van der Waals surface area contributed by atoms with Crippen LogP contribution in [-0.4, -0.2) is 25.8 Å². The summed E-state index contributed by atoms with van der Waals surface area (Å²) < 4.78 is 5.58. The van der Waals surface area contributed by atoms with Crippen LogP contribution in [0.3, 0.4) is 0 Å². The second-order valence-electron chi connectivity index (χ2n) is 4.59. The van der Waals surface area contributed by atoms with Gasteiger partial charge < -0.3 is 15.4 Å². The minimum absolute atomic E-state index is 0.521. The fourth-order valence-electron chi connectivity index (χ4n) is 2.43. The molecule has 1 aromatic carbocycles. The van der Waals surface area contributed by atoms with Crippen LogP contribution < -0.4 is 10.6 Å². The zero-order valence-corrected chi connectivity index (χ0v) is 10.6. The Bertz CT molecular complexity index is 337. The van der Waals surface area contributed by atoms with E-state index in [2.05, 4.69) is 24.0 Å². The second kappa shape index (κ2) is 5.92. The topological polar surface area (TPSA) is 38.5 Å². The Balaban J connectivity index is 2.07. The number of hydrogen-bond donors (Lipinski definition) is 1. The van der Waals surface area contributed by atoms with E-state index in [1.165, 1.54) is 24.9 Å². The van der Waals surface area contributed by atoms with Crippen molar-refractivity contribution in [1.29, 1.82) is 0 Å². The summed E-state index contributed by atoms with van der Waals surface area (Å²) in [4.78, 5) is 2.46. The first-order valence-corrected chi connectivity index (χ1v) is 6.51. The van der Waals surface area contributed by atoms with Crippen LogP contribution in [0.2, 0.25) is 0 Å². The van der Waals surface area contributed by atoms with Crippen molar-refractivity contribution in [1.82, 2.24) is 0 Å². The number of nitrogens with two attached hydrogens (primary N) is 1. The average molecular weight is 234 g/mol. The molecule has 17 heavy (non-hydrogen) atoms. The Morgan fingerprint density at radius 2 is 2.06 bits per heavy atom. The Kier molecular flexibility index (Phi) is 4.26. The minimum atomic E-state index is 0.521. The molecule has 0 unspecified atom stereocenters. The molecule has 0 amide bonds. The molecular formula is C14H22N2O. The summed E-state index contributed by atoms with van der Waals surface area (Å²) in [6.07, 6.45) is 3.81. The third-order valence-corrected chi connectivity index (χ3v) is 3.37. The molecule has 0 aromatic heterocycles. The Hall–Kier alpha value is -1.22. The Morgan fingerprint density at radius 3 is 2.76 bits per heavy atom. The number of anilines is 2. The van der Waals surface area contributed by atoms with Crippen LogP contribution >= 0.6 is 0 Å². The summed E-state index contributed by atoms with van der Waals surface area (Å²) in [5.74, 6) is 0. The average Bonchev–Trinajstić information content (AvgIpc) is 2.38. The molecule has 1 fully saturated rings. The van der Waals surface area contributed by atoms with Gasteiger partial charge in [0.1, 0.15) is 0 Å². The van der Waals surface area contributed by atoms with Crippen molar-refractivity contribution in [3.63, 3.8) is 0 Å². The van der Waals surface area contributed by atoms with Crippen LogP contribution in [0, 0.1) is 0 Å². The molecule has 2 rings (SSSR count). The lowest BCUT2D eigenvalue weighted by Gasteiger charge is -2.37. The maximum atomic E-state index is 5.73. The van der Waals surface area contributed by atoms with E-state index in [-0.39, 0.29) is 0 Å². The number of nitrogen functional groups attached to an aromatic ring is 1. The molecule has 2 N–H and O–H groups in total. The van der Waals surface area contributed by atoms with Gasteiger partial charge >= 0.3 is 0 Å². The summed E-state index contributed by atoms with van der Waals surface area (Å²) in [7, 11) is 0. The van der Waals surface area contributed by atoms with Crippen LogP contribution in [0.5, 0.6) is 0 Å². The molecule has 0 bridgehead atoms. The van der Waals surface area contributed by atoms with Gasteiger partial charge in [0, 0.05) is 24.5 Å². The second-order valence-corrected chi connectivity index (χ2v) is 4.59. The predicted octanol–water partition coefficient (Wildman–Crippen LogP) is 2.66. The van der Waals surface area contributed by atoms with E-state index >= 15 is 0 Å². The normalized spacial score (nSPS) is 20.5. The van der Waals surface area contributed by atoms with Crippen molar-refractivity contribution in [2.75, 3.05) is 30.4 Å². The molecule has 94 valence electrons. The molecule has 0 radical (unpaired) electrons. The predicted molar refractivity (Wildman–Crippen MR) is 72.3 cm³/mol. The third kappa shape index (κ3) is 3.13. The van der Waals surface area contributed by atoms with Gasteiger partial charge in [0.05, 0.1) is 12.6 Å². The molecular weight excluding hydrogens is 212 g/mol. The van der Waals surface area contributed by atoms with Crippen LogP contribution in [0.25, 0.3) is 0 Å². The maximum Gasteiger partial charge on any atom is 0.0669 e. The molecule has 3 heteroatoms. The van der Waals surface area contributed by atoms with Crippen molar-refractivity contribution in [2.24, 2.45) is 0 Å². The summed E-state index contributed by atoms with van der Waals surface area (Å²) in [6, 6.07) is 8.69. The standard InChI is InChI=1S/C14H22N2O/c1-2-17-11-14-5-3-4-10-16(14)13-8-6-12(15)7-9-13/h6-9,14H,2-5,10-11,15H2,1H3/t14-/m0/s1. The number of benzene rings is 1. The zero-order chi connectivity index (χ0) is 12.1. The first kappa shape index (κ1) is 12.2. The van der Waals surface area contributed by atoms with Gasteiger partial charge in [-0.05, 0) is 50.5 Å². The van der Waals surface area contributed by atoms with Crippen LogP contribution in [-0.2, 0) is 4.74 Å². The number of hydrogen-bond acceptors (Lipinski definition) is 3. The fraction of sp³-hybridized carbons (Fsp3) is 0.571. The monoisotopic (exact) mass is 234 g/mol. The van der Waals surface area contributed by atoms with Gasteiger partial charge in [0.25, 0.3) is 0 Å². The Labute approximate surface area is 104 Å². The van der Waals surface area contributed by atoms with Crippen molar-refractivity contribution < 1.29 is 4.74 Å². The number of piperidine rings is 1. The van der Waals surface area contributed by atoms with Crippen LogP contribution in [0.15, 0.2) is 24.3 Å². The number of rotatable bonds is 4. The maximum absolute atomic E-state index is 5.73. The van der Waals surface area contributed by atoms with E-state index in [0.717, 1.165) is 25.4 Å². The minimum Gasteiger partial charge on any atom is -0.399 e. The lowest BCUT2D eigenvalue weighted by molar-refractivity contribution is 0.123. The van der Waals surface area contributed by atoms with Gasteiger partial charge in [0.15, 0.2) is 0 Å². The van der Waals surface area contributed by atoms with E-state index in [1.54, 1.807) is 0 Å². The smallest absolute Gasteiger partial charge is 0.0669 e. The lowest BCUT2D eigenvalue weighted by atomic mass is 10.0. The van der Waals surface area contributed by atoms with E-state index in [4.69, 9.17) is 10.5 Å². The van der Waals surface area contributed by atoms with E-state index < -0.39 is 0 Å². The first-order valence-electron chi connectivity index (χ1n) is 6.51. The molecule has 1 heterocycles. The van der Waals surface area contributed by atoms with E-state index in [1.807, 2.05) is 12.1 Å². The van der Waals surface area contributed by atoms with Crippen LogP contribution in [0.1, 0.15) is 26.2 Å². The summed E-state index contributed by atoms with van der Waals surface area (Å²) in [5.41, 5.74) is 7.82. The first-order chi connectivity index (χ1) is 8.31. The molecule has 0 aliphatic carbocycles. The molecule has 1 saturated heterocycles. The zero-order valence-electron chi connectivity index (χ0n) is 10.6. The molecule has 1 atom stereocenters. The molecule has 0 saturated carbocycles. The van der Waals surface area contributed by atoms with Gasteiger partial charge in [-0.25, -0.2) is 0 Å². The fourth-order valence-corrected chi connectivity index (χ4v) is 2.43. The summed E-state index contributed by atoms with van der Waals surface area (Å²) in [5, 5.41) is 0. The lowest BCUT2D eigenvalue weighted by Crippen LogP contribution is -2.42.